The van der Waals surface area contributed by atoms with Crippen LogP contribution >= 0.6 is 0 Å². The molecule has 0 aromatic carbocycles. The molecule has 0 saturated heterocycles. The maximum absolute atomic E-state index is 13.0. The van der Waals surface area contributed by atoms with Crippen LogP contribution in [0.15, 0.2) is 0 Å². The molecule has 8 heteroatoms. The van der Waals surface area contributed by atoms with Crippen molar-refractivity contribution in [2.45, 2.75) is 130 Å². The summed E-state index contributed by atoms with van der Waals surface area (Å²) in [6.45, 7) is 10.1. The minimum Gasteiger partial charge on any atom is -0.481 e. The van der Waals surface area contributed by atoms with Crippen molar-refractivity contribution < 1.29 is 39.4 Å². The summed E-state index contributed by atoms with van der Waals surface area (Å²) >= 11 is 0. The molecule has 0 heterocycles. The second-order valence-corrected chi connectivity index (χ2v) is 14.8. The van der Waals surface area contributed by atoms with Gasteiger partial charge in [0.15, 0.2) is 0 Å². The first kappa shape index (κ1) is 32.7. The van der Waals surface area contributed by atoms with Gasteiger partial charge in [0.25, 0.3) is 0 Å². The molecular formula is C33H56O8. The van der Waals surface area contributed by atoms with E-state index in [0.717, 1.165) is 70.6 Å². The lowest BCUT2D eigenvalue weighted by Gasteiger charge is -2.46. The Morgan fingerprint density at radius 1 is 0.707 bits per heavy atom. The molecule has 0 aromatic heterocycles. The van der Waals surface area contributed by atoms with E-state index in [9.17, 15) is 14.7 Å². The third kappa shape index (κ3) is 8.67. The quantitative estimate of drug-likeness (QED) is 0.149. The number of rotatable bonds is 11. The number of aliphatic carboxylic acids is 1. The normalized spacial score (nSPS) is 38.8. The predicted molar refractivity (Wildman–Crippen MR) is 155 cm³/mol. The Kier molecular flexibility index (Phi) is 11.9. The summed E-state index contributed by atoms with van der Waals surface area (Å²) in [4.78, 5) is 40.8. The molecule has 4 fully saturated rings. The van der Waals surface area contributed by atoms with E-state index in [1.165, 1.54) is 6.42 Å². The number of carboxylic acids is 1. The highest BCUT2D eigenvalue weighted by atomic mass is 17.2. The fourth-order valence-corrected chi connectivity index (χ4v) is 8.65. The van der Waals surface area contributed by atoms with Crippen LogP contribution in [0, 0.1) is 52.8 Å². The second-order valence-electron chi connectivity index (χ2n) is 14.8. The van der Waals surface area contributed by atoms with Gasteiger partial charge in [-0.1, -0.05) is 34.1 Å². The molecule has 2 N–H and O–H groups in total. The van der Waals surface area contributed by atoms with Crippen molar-refractivity contribution >= 4 is 11.9 Å². The summed E-state index contributed by atoms with van der Waals surface area (Å²) in [5.74, 6) is 0.691. The monoisotopic (exact) mass is 580 g/mol. The Morgan fingerprint density at radius 3 is 1.90 bits per heavy atom. The van der Waals surface area contributed by atoms with Gasteiger partial charge in [0.1, 0.15) is 6.10 Å². The molecule has 236 valence electrons. The number of hydrogen-bond donors (Lipinski definition) is 2. The van der Waals surface area contributed by atoms with E-state index in [1.54, 1.807) is 0 Å². The van der Waals surface area contributed by atoms with Crippen LogP contribution in [-0.2, 0) is 29.0 Å². The van der Waals surface area contributed by atoms with E-state index < -0.39 is 17.8 Å². The van der Waals surface area contributed by atoms with Crippen LogP contribution in [0.3, 0.4) is 0 Å². The van der Waals surface area contributed by atoms with Crippen molar-refractivity contribution in [3.8, 4) is 0 Å². The largest absolute Gasteiger partial charge is 0.481 e. The van der Waals surface area contributed by atoms with Gasteiger partial charge in [-0.3, -0.25) is 14.8 Å². The maximum Gasteiger partial charge on any atom is 0.310 e. The molecular weight excluding hydrogens is 524 g/mol. The van der Waals surface area contributed by atoms with E-state index in [1.807, 2.05) is 0 Å². The zero-order valence-corrected chi connectivity index (χ0v) is 25.9. The SMILES string of the molecule is CC1CCC(COO)C(COOC2CCC(C(C)(C)C3CCC(OC(=O)C4CC(C)CCC4C(=O)O)CC3)CC2)C1. The zero-order valence-electron chi connectivity index (χ0n) is 25.9. The highest BCUT2D eigenvalue weighted by Gasteiger charge is 2.43. The Balaban J connectivity index is 1.17. The Bertz CT molecular complexity index is 829. The maximum atomic E-state index is 13.0. The lowest BCUT2D eigenvalue weighted by molar-refractivity contribution is -0.341. The first-order valence-electron chi connectivity index (χ1n) is 16.6. The molecule has 6 unspecified atom stereocenters. The molecule has 6 atom stereocenters. The van der Waals surface area contributed by atoms with Crippen LogP contribution in [0.2, 0.25) is 0 Å². The van der Waals surface area contributed by atoms with Crippen molar-refractivity contribution in [1.82, 2.24) is 0 Å². The minimum atomic E-state index is -0.864. The number of carboxylic acid groups (broad SMARTS) is 1. The molecule has 0 spiro atoms. The van der Waals surface area contributed by atoms with Crippen LogP contribution < -0.4 is 0 Å². The van der Waals surface area contributed by atoms with Crippen LogP contribution in [0.5, 0.6) is 0 Å². The lowest BCUT2D eigenvalue weighted by Crippen LogP contribution is -2.41. The van der Waals surface area contributed by atoms with E-state index >= 15 is 0 Å². The van der Waals surface area contributed by atoms with Gasteiger partial charge in [0.2, 0.25) is 0 Å². The van der Waals surface area contributed by atoms with Crippen molar-refractivity contribution in [2.24, 2.45) is 52.8 Å². The molecule has 0 amide bonds. The lowest BCUT2D eigenvalue weighted by atomic mass is 9.60. The van der Waals surface area contributed by atoms with Gasteiger partial charge in [-0.05, 0) is 124 Å². The van der Waals surface area contributed by atoms with Gasteiger partial charge >= 0.3 is 11.9 Å². The molecule has 4 rings (SSSR count). The van der Waals surface area contributed by atoms with Gasteiger partial charge in [0.05, 0.1) is 31.2 Å². The topological polar surface area (TPSA) is 112 Å². The molecule has 4 aliphatic rings. The van der Waals surface area contributed by atoms with Gasteiger partial charge in [-0.2, -0.15) is 0 Å². The molecule has 0 aromatic rings. The van der Waals surface area contributed by atoms with Gasteiger partial charge in [-0.25, -0.2) is 14.7 Å². The van der Waals surface area contributed by atoms with Crippen molar-refractivity contribution in [1.29, 1.82) is 0 Å². The van der Waals surface area contributed by atoms with E-state index in [0.29, 0.717) is 61.6 Å². The Morgan fingerprint density at radius 2 is 1.29 bits per heavy atom. The van der Waals surface area contributed by atoms with Gasteiger partial charge in [-0.15, -0.1) is 0 Å². The van der Waals surface area contributed by atoms with Crippen LogP contribution in [0.4, 0.5) is 0 Å². The first-order valence-corrected chi connectivity index (χ1v) is 16.6. The predicted octanol–water partition coefficient (Wildman–Crippen LogP) is 7.30. The summed E-state index contributed by atoms with van der Waals surface area (Å²) in [6, 6.07) is 0. The summed E-state index contributed by atoms with van der Waals surface area (Å²) in [7, 11) is 0. The number of carbonyl (C=O) groups excluding carboxylic acids is 1. The third-order valence-corrected chi connectivity index (χ3v) is 11.6. The summed E-state index contributed by atoms with van der Waals surface area (Å²) < 4.78 is 5.94. The number of carbonyl (C=O) groups is 2. The molecule has 0 bridgehead atoms. The van der Waals surface area contributed by atoms with Crippen LogP contribution in [0.1, 0.15) is 118 Å². The van der Waals surface area contributed by atoms with Gasteiger partial charge < -0.3 is 9.84 Å². The third-order valence-electron chi connectivity index (χ3n) is 11.6. The summed E-state index contributed by atoms with van der Waals surface area (Å²) in [5.41, 5.74) is 0.212. The highest BCUT2D eigenvalue weighted by molar-refractivity contribution is 5.81. The first-order chi connectivity index (χ1) is 19.6. The Hall–Kier alpha value is -1.22. The molecule has 8 nitrogen and oxygen atoms in total. The van der Waals surface area contributed by atoms with E-state index in [2.05, 4.69) is 32.6 Å². The molecule has 0 radical (unpaired) electrons. The smallest absolute Gasteiger partial charge is 0.310 e. The zero-order chi connectivity index (χ0) is 29.6. The van der Waals surface area contributed by atoms with Crippen molar-refractivity contribution in [3.05, 3.63) is 0 Å². The van der Waals surface area contributed by atoms with Crippen molar-refractivity contribution in [2.75, 3.05) is 13.2 Å². The second kappa shape index (κ2) is 15.0. The van der Waals surface area contributed by atoms with Crippen molar-refractivity contribution in [3.63, 3.8) is 0 Å². The molecule has 0 aliphatic heterocycles. The Labute approximate surface area is 247 Å². The highest BCUT2D eigenvalue weighted by Crippen LogP contribution is 2.49. The minimum absolute atomic E-state index is 0.0850. The van der Waals surface area contributed by atoms with Gasteiger partial charge in [0, 0.05) is 0 Å². The molecule has 4 aliphatic carbocycles. The fourth-order valence-electron chi connectivity index (χ4n) is 8.65. The average Bonchev–Trinajstić information content (AvgIpc) is 2.95. The number of hydrogen-bond acceptors (Lipinski definition) is 7. The average molecular weight is 581 g/mol. The van der Waals surface area contributed by atoms with Crippen LogP contribution in [-0.4, -0.2) is 47.7 Å². The van der Waals surface area contributed by atoms with E-state index in [4.69, 9.17) is 19.8 Å². The summed E-state index contributed by atoms with van der Waals surface area (Å²) in [5, 5.41) is 18.5. The standard InChI is InChI=1S/C33H56O8/c1-21-5-7-23(19-38-37)24(17-21)20-39-41-28-14-10-26(11-15-28)33(3,4)25-8-12-27(13-9-25)40-32(36)30-18-22(2)6-16-29(30)31(34)35/h21-30,37H,5-20H2,1-4H3,(H,34,35). The summed E-state index contributed by atoms with van der Waals surface area (Å²) in [6.07, 6.45) is 13.5. The number of ether oxygens (including phenoxy) is 1. The molecule has 4 saturated carbocycles. The van der Waals surface area contributed by atoms with E-state index in [-0.39, 0.29) is 23.6 Å². The fraction of sp³-hybridized carbons (Fsp3) is 0.939. The number of esters is 1. The van der Waals surface area contributed by atoms with Crippen LogP contribution in [0.25, 0.3) is 0 Å². The molecule has 41 heavy (non-hydrogen) atoms.